The summed E-state index contributed by atoms with van der Waals surface area (Å²) in [5.74, 6) is 0. The second-order valence-electron chi connectivity index (χ2n) is 13.2. The molecule has 11 aromatic rings. The van der Waals surface area contributed by atoms with Crippen LogP contribution in [0.2, 0.25) is 0 Å². The van der Waals surface area contributed by atoms with Crippen LogP contribution in [0.25, 0.3) is 93.6 Å². The third-order valence-electron chi connectivity index (χ3n) is 10.5. The highest BCUT2D eigenvalue weighted by Gasteiger charge is 2.21. The summed E-state index contributed by atoms with van der Waals surface area (Å²) in [7, 11) is 0. The van der Waals surface area contributed by atoms with Crippen molar-refractivity contribution in [2.24, 2.45) is 0 Å². The maximum Gasteiger partial charge on any atom is 0.0724 e. The number of hydrogen-bond acceptors (Lipinski definition) is 1. The lowest BCUT2D eigenvalue weighted by Crippen LogP contribution is -1.98. The van der Waals surface area contributed by atoms with E-state index in [0.29, 0.717) is 0 Å². The zero-order chi connectivity index (χ0) is 33.5. The van der Waals surface area contributed by atoms with Crippen LogP contribution in [0.3, 0.4) is 0 Å². The van der Waals surface area contributed by atoms with E-state index in [1.807, 2.05) is 12.4 Å². The molecule has 4 aromatic heterocycles. The van der Waals surface area contributed by atoms with Gasteiger partial charge in [0.05, 0.1) is 39.3 Å². The van der Waals surface area contributed by atoms with Gasteiger partial charge in [-0.1, -0.05) is 103 Å². The molecule has 0 amide bonds. The number of aromatic nitrogens is 4. The first-order chi connectivity index (χ1) is 25.3. The van der Waals surface area contributed by atoms with Crippen molar-refractivity contribution >= 4 is 65.4 Å². The largest absolute Gasteiger partial charge is 0.309 e. The Hall–Kier alpha value is -6.91. The van der Waals surface area contributed by atoms with Gasteiger partial charge in [0.15, 0.2) is 0 Å². The molecule has 0 saturated carbocycles. The molecule has 0 aliphatic heterocycles. The second kappa shape index (κ2) is 10.8. The Bertz CT molecular complexity index is 3070. The van der Waals surface area contributed by atoms with Crippen LogP contribution >= 0.6 is 0 Å². The summed E-state index contributed by atoms with van der Waals surface area (Å²) in [6.45, 7) is 0. The molecule has 4 nitrogen and oxygen atoms in total. The Balaban J connectivity index is 1.16. The zero-order valence-electron chi connectivity index (χ0n) is 27.6. The summed E-state index contributed by atoms with van der Waals surface area (Å²) in [6.07, 6.45) is 3.86. The van der Waals surface area contributed by atoms with E-state index in [1.165, 1.54) is 71.0 Å². The second-order valence-corrected chi connectivity index (χ2v) is 13.2. The van der Waals surface area contributed by atoms with E-state index in [2.05, 4.69) is 189 Å². The molecule has 0 atom stereocenters. The van der Waals surface area contributed by atoms with E-state index >= 15 is 0 Å². The van der Waals surface area contributed by atoms with E-state index in [1.54, 1.807) is 0 Å². The molecule has 0 saturated heterocycles. The topological polar surface area (TPSA) is 27.7 Å². The van der Waals surface area contributed by atoms with E-state index < -0.39 is 0 Å². The number of para-hydroxylation sites is 3. The van der Waals surface area contributed by atoms with Gasteiger partial charge in [-0.25, -0.2) is 0 Å². The van der Waals surface area contributed by atoms with Gasteiger partial charge in [-0.2, -0.15) is 0 Å². The van der Waals surface area contributed by atoms with Gasteiger partial charge in [0, 0.05) is 55.6 Å². The van der Waals surface area contributed by atoms with Gasteiger partial charge in [-0.15, -0.1) is 0 Å². The van der Waals surface area contributed by atoms with Gasteiger partial charge in [0.1, 0.15) is 0 Å². The Morgan fingerprint density at radius 3 is 1.45 bits per heavy atom. The molecule has 0 aliphatic rings. The Labute approximate surface area is 293 Å². The van der Waals surface area contributed by atoms with E-state index in [4.69, 9.17) is 0 Å². The number of fused-ring (bicyclic) bond motifs is 10. The smallest absolute Gasteiger partial charge is 0.0724 e. The van der Waals surface area contributed by atoms with E-state index in [9.17, 15) is 0 Å². The lowest BCUT2D eigenvalue weighted by Gasteiger charge is -2.13. The van der Waals surface area contributed by atoms with Gasteiger partial charge in [-0.3, -0.25) is 4.98 Å². The minimum Gasteiger partial charge on any atom is -0.309 e. The van der Waals surface area contributed by atoms with Crippen molar-refractivity contribution < 1.29 is 0 Å². The fourth-order valence-corrected chi connectivity index (χ4v) is 8.38. The molecule has 0 fully saturated rings. The Kier molecular flexibility index (Phi) is 5.92. The van der Waals surface area contributed by atoms with Crippen LogP contribution in [0.5, 0.6) is 0 Å². The van der Waals surface area contributed by atoms with Crippen molar-refractivity contribution in [3.05, 3.63) is 182 Å². The van der Waals surface area contributed by atoms with Gasteiger partial charge in [0.2, 0.25) is 0 Å². The number of benzene rings is 7. The van der Waals surface area contributed by atoms with Crippen molar-refractivity contribution in [3.8, 4) is 28.2 Å². The van der Waals surface area contributed by atoms with Gasteiger partial charge in [-0.05, 0) is 77.9 Å². The fourth-order valence-electron chi connectivity index (χ4n) is 8.38. The first kappa shape index (κ1) is 28.0. The first-order valence-electron chi connectivity index (χ1n) is 17.4. The number of nitrogens with zero attached hydrogens (tertiary/aromatic N) is 4. The quantitative estimate of drug-likeness (QED) is 0.186. The minimum absolute atomic E-state index is 1.10. The van der Waals surface area contributed by atoms with Crippen LogP contribution in [0.1, 0.15) is 0 Å². The summed E-state index contributed by atoms with van der Waals surface area (Å²) >= 11 is 0. The predicted molar refractivity (Wildman–Crippen MR) is 213 cm³/mol. The molecule has 4 heteroatoms. The molecule has 0 bridgehead atoms. The molecular formula is C47H30N4. The zero-order valence-corrected chi connectivity index (χ0v) is 27.6. The average molecular weight is 651 g/mol. The van der Waals surface area contributed by atoms with Crippen molar-refractivity contribution in [1.82, 2.24) is 18.7 Å². The van der Waals surface area contributed by atoms with Crippen LogP contribution in [0.15, 0.2) is 182 Å². The summed E-state index contributed by atoms with van der Waals surface area (Å²) < 4.78 is 7.19. The van der Waals surface area contributed by atoms with Crippen molar-refractivity contribution in [1.29, 1.82) is 0 Å². The first-order valence-corrected chi connectivity index (χ1v) is 17.4. The molecule has 11 rings (SSSR count). The van der Waals surface area contributed by atoms with E-state index in [0.717, 1.165) is 22.6 Å². The van der Waals surface area contributed by atoms with Crippen LogP contribution < -0.4 is 0 Å². The SMILES string of the molecule is c1ccc(-c2ccc(-n3c4ccccc4c4c5c6ccccc6n(-c6cccc(-n7c8ccccc8c8ccncc87)c6)c5ccc43)cc2)cc1. The summed E-state index contributed by atoms with van der Waals surface area (Å²) in [6, 6.07) is 61.5. The maximum atomic E-state index is 4.52. The molecule has 0 spiro atoms. The van der Waals surface area contributed by atoms with Crippen LogP contribution in [0.4, 0.5) is 0 Å². The molecule has 0 N–H and O–H groups in total. The molecule has 51 heavy (non-hydrogen) atoms. The molecule has 0 unspecified atom stereocenters. The van der Waals surface area contributed by atoms with Crippen LogP contribution in [0, 0.1) is 0 Å². The third kappa shape index (κ3) is 4.05. The number of rotatable bonds is 4. The monoisotopic (exact) mass is 650 g/mol. The van der Waals surface area contributed by atoms with Gasteiger partial charge >= 0.3 is 0 Å². The van der Waals surface area contributed by atoms with Crippen molar-refractivity contribution in [3.63, 3.8) is 0 Å². The predicted octanol–water partition coefficient (Wildman–Crippen LogP) is 12.0. The Morgan fingerprint density at radius 1 is 0.314 bits per heavy atom. The van der Waals surface area contributed by atoms with E-state index in [-0.39, 0.29) is 0 Å². The van der Waals surface area contributed by atoms with Crippen molar-refractivity contribution in [2.75, 3.05) is 0 Å². The highest BCUT2D eigenvalue weighted by molar-refractivity contribution is 6.29. The number of pyridine rings is 1. The normalized spacial score (nSPS) is 11.9. The number of hydrogen-bond donors (Lipinski definition) is 0. The fraction of sp³-hybridized carbons (Fsp3) is 0. The van der Waals surface area contributed by atoms with Crippen LogP contribution in [-0.4, -0.2) is 18.7 Å². The third-order valence-corrected chi connectivity index (χ3v) is 10.5. The standard InChI is InChI=1S/C47H30N4/c1-2-11-31(12-3-1)32-21-23-33(24-22-32)49-41-19-8-5-16-38(41)46-43(49)25-26-44-47(46)39-17-6-9-20-42(39)50(44)34-13-10-14-35(29-34)51-40-18-7-4-15-36(40)37-27-28-48-30-45(37)51/h1-30H. The maximum absolute atomic E-state index is 4.52. The summed E-state index contributed by atoms with van der Waals surface area (Å²) in [5, 5.41) is 7.47. The summed E-state index contributed by atoms with van der Waals surface area (Å²) in [4.78, 5) is 4.52. The molecule has 0 radical (unpaired) electrons. The highest BCUT2D eigenvalue weighted by Crippen LogP contribution is 2.43. The van der Waals surface area contributed by atoms with Crippen LogP contribution in [-0.2, 0) is 0 Å². The molecule has 7 aromatic carbocycles. The lowest BCUT2D eigenvalue weighted by atomic mass is 10.1. The molecular weight excluding hydrogens is 621 g/mol. The highest BCUT2D eigenvalue weighted by atomic mass is 15.0. The molecule has 4 heterocycles. The van der Waals surface area contributed by atoms with Gasteiger partial charge in [0.25, 0.3) is 0 Å². The average Bonchev–Trinajstić information content (AvgIpc) is 3.84. The van der Waals surface area contributed by atoms with Gasteiger partial charge < -0.3 is 13.7 Å². The molecule has 0 aliphatic carbocycles. The Morgan fingerprint density at radius 2 is 0.804 bits per heavy atom. The minimum atomic E-state index is 1.10. The lowest BCUT2D eigenvalue weighted by molar-refractivity contribution is 1.13. The molecule has 238 valence electrons. The van der Waals surface area contributed by atoms with Crippen molar-refractivity contribution in [2.45, 2.75) is 0 Å². The summed E-state index contributed by atoms with van der Waals surface area (Å²) in [5.41, 5.74) is 12.9.